The van der Waals surface area contributed by atoms with Crippen molar-refractivity contribution in [3.8, 4) is 0 Å². The first-order valence-corrected chi connectivity index (χ1v) is 10.0. The number of anilines is 1. The maximum atomic E-state index is 13.2. The number of hydrogen-bond acceptors (Lipinski definition) is 3. The Morgan fingerprint density at radius 2 is 1.75 bits per heavy atom. The molecule has 4 aliphatic rings. The third-order valence-corrected chi connectivity index (χ3v) is 7.68. The van der Waals surface area contributed by atoms with E-state index in [9.17, 15) is 4.79 Å². The van der Waals surface area contributed by atoms with Crippen LogP contribution in [0.4, 0.5) is 5.13 Å². The number of thiazole rings is 1. The number of fused-ring (bicyclic) bond motifs is 1. The number of carbonyl (C=O) groups is 1. The number of amides is 1. The summed E-state index contributed by atoms with van der Waals surface area (Å²) in [5.74, 6) is 2.63. The lowest BCUT2D eigenvalue weighted by Crippen LogP contribution is -2.51. The van der Waals surface area contributed by atoms with Crippen molar-refractivity contribution in [3.05, 3.63) is 23.3 Å². The SMILES string of the molecule is Cc1cc(C)c2sc(NC(=O)C34CC5CC(CC(C5)C3)C4)nc2c1. The second kappa shape index (κ2) is 5.04. The van der Waals surface area contributed by atoms with Crippen LogP contribution in [0.5, 0.6) is 0 Å². The average Bonchev–Trinajstić information content (AvgIpc) is 2.88. The molecule has 0 unspecified atom stereocenters. The maximum Gasteiger partial charge on any atom is 0.232 e. The monoisotopic (exact) mass is 340 g/mol. The lowest BCUT2D eigenvalue weighted by Gasteiger charge is -2.55. The summed E-state index contributed by atoms with van der Waals surface area (Å²) in [5, 5.41) is 3.98. The molecule has 4 aliphatic carbocycles. The summed E-state index contributed by atoms with van der Waals surface area (Å²) < 4.78 is 1.20. The molecule has 4 heteroatoms. The molecule has 4 saturated carbocycles. The summed E-state index contributed by atoms with van der Waals surface area (Å²) in [5.41, 5.74) is 3.39. The molecule has 0 radical (unpaired) electrons. The van der Waals surface area contributed by atoms with E-state index >= 15 is 0 Å². The zero-order valence-corrected chi connectivity index (χ0v) is 15.2. The molecule has 1 aromatic heterocycles. The van der Waals surface area contributed by atoms with Gasteiger partial charge in [0.15, 0.2) is 5.13 Å². The van der Waals surface area contributed by atoms with E-state index in [2.05, 4.69) is 36.3 Å². The highest BCUT2D eigenvalue weighted by Crippen LogP contribution is 2.60. The number of nitrogens with zero attached hydrogens (tertiary/aromatic N) is 1. The summed E-state index contributed by atoms with van der Waals surface area (Å²) in [7, 11) is 0. The number of nitrogens with one attached hydrogen (secondary N) is 1. The molecule has 0 spiro atoms. The standard InChI is InChI=1S/C20H24N2OS/c1-11-3-12(2)17-16(4-11)21-19(24-17)22-18(23)20-8-13-5-14(9-20)7-15(6-13)10-20/h3-4,13-15H,5-10H2,1-2H3,(H,21,22,23). The van der Waals surface area contributed by atoms with Crippen LogP contribution in [0.1, 0.15) is 49.7 Å². The second-order valence-electron chi connectivity index (χ2n) is 8.60. The van der Waals surface area contributed by atoms with Gasteiger partial charge in [0.1, 0.15) is 0 Å². The van der Waals surface area contributed by atoms with Gasteiger partial charge in [0.25, 0.3) is 0 Å². The van der Waals surface area contributed by atoms with Gasteiger partial charge < -0.3 is 5.32 Å². The van der Waals surface area contributed by atoms with Gasteiger partial charge in [0, 0.05) is 0 Å². The maximum absolute atomic E-state index is 13.2. The molecule has 0 saturated heterocycles. The van der Waals surface area contributed by atoms with Crippen LogP contribution in [0, 0.1) is 37.0 Å². The van der Waals surface area contributed by atoms with E-state index in [0.717, 1.165) is 47.7 Å². The predicted molar refractivity (Wildman–Crippen MR) is 98.3 cm³/mol. The van der Waals surface area contributed by atoms with E-state index in [1.165, 1.54) is 35.1 Å². The molecule has 1 amide bonds. The Kier molecular flexibility index (Phi) is 3.13. The van der Waals surface area contributed by atoms with Crippen molar-refractivity contribution in [1.82, 2.24) is 4.98 Å². The summed E-state index contributed by atoms with van der Waals surface area (Å²) >= 11 is 1.62. The minimum atomic E-state index is -0.0996. The minimum Gasteiger partial charge on any atom is -0.301 e. The number of hydrogen-bond donors (Lipinski definition) is 1. The third-order valence-electron chi connectivity index (χ3n) is 6.56. The molecule has 3 nitrogen and oxygen atoms in total. The molecule has 24 heavy (non-hydrogen) atoms. The molecule has 1 heterocycles. The largest absolute Gasteiger partial charge is 0.301 e. The first kappa shape index (κ1) is 14.9. The third kappa shape index (κ3) is 2.22. The molecule has 6 rings (SSSR count). The van der Waals surface area contributed by atoms with Crippen LogP contribution in [0.3, 0.4) is 0 Å². The van der Waals surface area contributed by atoms with Crippen LogP contribution >= 0.6 is 11.3 Å². The first-order valence-electron chi connectivity index (χ1n) is 9.20. The molecular weight excluding hydrogens is 316 g/mol. The first-order chi connectivity index (χ1) is 11.5. The van der Waals surface area contributed by atoms with Crippen LogP contribution in [0.2, 0.25) is 0 Å². The smallest absolute Gasteiger partial charge is 0.232 e. The Balaban J connectivity index is 1.44. The molecule has 2 aromatic rings. The predicted octanol–water partition coefficient (Wildman–Crippen LogP) is 5.07. The van der Waals surface area contributed by atoms with Crippen molar-refractivity contribution in [2.75, 3.05) is 5.32 Å². The van der Waals surface area contributed by atoms with Crippen LogP contribution in [0.15, 0.2) is 12.1 Å². The lowest BCUT2D eigenvalue weighted by molar-refractivity contribution is -0.140. The van der Waals surface area contributed by atoms with E-state index in [1.807, 2.05) is 0 Å². The van der Waals surface area contributed by atoms with Gasteiger partial charge in [-0.2, -0.15) is 0 Å². The molecule has 0 aliphatic heterocycles. The zero-order valence-electron chi connectivity index (χ0n) is 14.4. The Hall–Kier alpha value is -1.42. The molecule has 1 aromatic carbocycles. The van der Waals surface area contributed by atoms with Crippen molar-refractivity contribution in [2.45, 2.75) is 52.4 Å². The van der Waals surface area contributed by atoms with Crippen molar-refractivity contribution < 1.29 is 4.79 Å². The van der Waals surface area contributed by atoms with Gasteiger partial charge in [-0.15, -0.1) is 0 Å². The zero-order chi connectivity index (χ0) is 16.5. The summed E-state index contributed by atoms with van der Waals surface area (Å²) in [6, 6.07) is 4.30. The quantitative estimate of drug-likeness (QED) is 0.829. The van der Waals surface area contributed by atoms with E-state index in [-0.39, 0.29) is 11.3 Å². The van der Waals surface area contributed by atoms with E-state index in [4.69, 9.17) is 0 Å². The molecule has 126 valence electrons. The van der Waals surface area contributed by atoms with E-state index in [0.29, 0.717) is 0 Å². The highest BCUT2D eigenvalue weighted by Gasteiger charge is 2.54. The van der Waals surface area contributed by atoms with Crippen molar-refractivity contribution in [1.29, 1.82) is 0 Å². The van der Waals surface area contributed by atoms with Gasteiger partial charge in [-0.3, -0.25) is 4.79 Å². The van der Waals surface area contributed by atoms with Crippen LogP contribution < -0.4 is 5.32 Å². The fraction of sp³-hybridized carbons (Fsp3) is 0.600. The van der Waals surface area contributed by atoms with Gasteiger partial charge in [0.2, 0.25) is 5.91 Å². The average molecular weight is 340 g/mol. The molecule has 1 N–H and O–H groups in total. The topological polar surface area (TPSA) is 42.0 Å². The minimum absolute atomic E-state index is 0.0996. The Labute approximate surface area is 146 Å². The summed E-state index contributed by atoms with van der Waals surface area (Å²) in [6.07, 6.45) is 7.42. The van der Waals surface area contributed by atoms with Gasteiger partial charge in [-0.05, 0) is 87.3 Å². The Morgan fingerprint density at radius 3 is 2.38 bits per heavy atom. The number of rotatable bonds is 2. The number of aryl methyl sites for hydroxylation is 2. The molecular formula is C20H24N2OS. The highest BCUT2D eigenvalue weighted by molar-refractivity contribution is 7.22. The van der Waals surface area contributed by atoms with E-state index in [1.54, 1.807) is 11.3 Å². The second-order valence-corrected chi connectivity index (χ2v) is 9.60. The van der Waals surface area contributed by atoms with Crippen LogP contribution in [-0.2, 0) is 4.79 Å². The fourth-order valence-electron chi connectivity index (χ4n) is 6.05. The van der Waals surface area contributed by atoms with Gasteiger partial charge in [-0.1, -0.05) is 17.4 Å². The summed E-state index contributed by atoms with van der Waals surface area (Å²) in [6.45, 7) is 4.22. The number of benzene rings is 1. The molecule has 0 atom stereocenters. The van der Waals surface area contributed by atoms with Crippen LogP contribution in [0.25, 0.3) is 10.2 Å². The van der Waals surface area contributed by atoms with Crippen LogP contribution in [-0.4, -0.2) is 10.9 Å². The van der Waals surface area contributed by atoms with Crippen molar-refractivity contribution in [2.24, 2.45) is 23.2 Å². The summed E-state index contributed by atoms with van der Waals surface area (Å²) in [4.78, 5) is 17.8. The van der Waals surface area contributed by atoms with Gasteiger partial charge in [0.05, 0.1) is 15.6 Å². The van der Waals surface area contributed by atoms with Crippen molar-refractivity contribution in [3.63, 3.8) is 0 Å². The normalized spacial score (nSPS) is 34.0. The lowest BCUT2D eigenvalue weighted by atomic mass is 9.49. The Bertz CT molecular complexity index is 802. The van der Waals surface area contributed by atoms with Gasteiger partial charge >= 0.3 is 0 Å². The Morgan fingerprint density at radius 1 is 1.12 bits per heavy atom. The molecule has 4 fully saturated rings. The highest BCUT2D eigenvalue weighted by atomic mass is 32.1. The van der Waals surface area contributed by atoms with E-state index < -0.39 is 0 Å². The number of aromatic nitrogens is 1. The fourth-order valence-corrected chi connectivity index (χ4v) is 6.96. The van der Waals surface area contributed by atoms with Crippen molar-refractivity contribution >= 4 is 32.6 Å². The number of carbonyl (C=O) groups excluding carboxylic acids is 1. The van der Waals surface area contributed by atoms with Gasteiger partial charge in [-0.25, -0.2) is 4.98 Å². The molecule has 4 bridgehead atoms.